The summed E-state index contributed by atoms with van der Waals surface area (Å²) in [6, 6.07) is 9.79. The zero-order valence-electron chi connectivity index (χ0n) is 14.3. The Hall–Kier alpha value is -2.43. The van der Waals surface area contributed by atoms with Gasteiger partial charge in [-0.25, -0.2) is 14.3 Å². The van der Waals surface area contributed by atoms with Crippen LogP contribution in [0.5, 0.6) is 0 Å². The van der Waals surface area contributed by atoms with Gasteiger partial charge in [-0.1, -0.05) is 23.1 Å². The molecule has 3 aromatic rings. The molecule has 0 aliphatic carbocycles. The van der Waals surface area contributed by atoms with Crippen molar-refractivity contribution >= 4 is 47.3 Å². The number of esters is 2. The van der Waals surface area contributed by atoms with E-state index in [2.05, 4.69) is 9.84 Å². The van der Waals surface area contributed by atoms with E-state index >= 15 is 0 Å². The Bertz CT molecular complexity index is 1020. The number of methoxy groups -OCH3 is 1. The molecule has 0 spiro atoms. The average Bonchev–Trinajstić information content (AvgIpc) is 3.32. The second-order valence-corrected chi connectivity index (χ2v) is 7.81. The molecule has 2 heterocycles. The first kappa shape index (κ1) is 19.3. The van der Waals surface area contributed by atoms with Crippen LogP contribution in [0.25, 0.3) is 5.69 Å². The molecule has 0 atom stereocenters. The van der Waals surface area contributed by atoms with Gasteiger partial charge in [-0.05, 0) is 54.9 Å². The Morgan fingerprint density at radius 2 is 1.96 bits per heavy atom. The van der Waals surface area contributed by atoms with Gasteiger partial charge in [0.05, 0.1) is 18.4 Å². The summed E-state index contributed by atoms with van der Waals surface area (Å²) in [6.07, 6.45) is 1.93. The summed E-state index contributed by atoms with van der Waals surface area (Å²) >= 11 is 8.25. The van der Waals surface area contributed by atoms with Gasteiger partial charge in [-0.15, -0.1) is 5.10 Å². The molecule has 27 heavy (non-hydrogen) atoms. The van der Waals surface area contributed by atoms with Crippen molar-refractivity contribution < 1.29 is 23.5 Å². The third-order valence-corrected chi connectivity index (χ3v) is 5.65. The Kier molecular flexibility index (Phi) is 6.09. The molecular weight excluding hydrogens is 408 g/mol. The molecule has 0 saturated heterocycles. The molecule has 0 N–H and O–H groups in total. The number of nitrogens with zero attached hydrogens (tertiary/aromatic N) is 2. The highest BCUT2D eigenvalue weighted by atomic mass is 32.2. The van der Waals surface area contributed by atoms with Crippen molar-refractivity contribution in [2.45, 2.75) is 10.9 Å². The smallest absolute Gasteiger partial charge is 0.373 e. The second kappa shape index (κ2) is 8.51. The molecule has 2 aromatic heterocycles. The Morgan fingerprint density at radius 3 is 2.59 bits per heavy atom. The van der Waals surface area contributed by atoms with Crippen LogP contribution in [-0.2, 0) is 16.1 Å². The molecular formula is C17H14N2O5S3. The molecule has 7 nitrogen and oxygen atoms in total. The molecule has 0 aliphatic heterocycles. The number of carbonyl (C=O) groups excluding carboxylic acids is 2. The molecule has 140 valence electrons. The third-order valence-electron chi connectivity index (χ3n) is 3.45. The second-order valence-electron chi connectivity index (χ2n) is 5.13. The molecule has 0 radical (unpaired) electrons. The van der Waals surface area contributed by atoms with E-state index in [-0.39, 0.29) is 12.4 Å². The van der Waals surface area contributed by atoms with Crippen molar-refractivity contribution in [1.29, 1.82) is 0 Å². The van der Waals surface area contributed by atoms with Crippen LogP contribution < -0.4 is 0 Å². The number of furan rings is 1. The zero-order chi connectivity index (χ0) is 19.4. The largest absolute Gasteiger partial charge is 0.463 e. The summed E-state index contributed by atoms with van der Waals surface area (Å²) in [5.41, 5.74) is 1.15. The van der Waals surface area contributed by atoms with E-state index in [0.29, 0.717) is 15.3 Å². The van der Waals surface area contributed by atoms with Crippen LogP contribution in [0.4, 0.5) is 0 Å². The quantitative estimate of drug-likeness (QED) is 0.333. The van der Waals surface area contributed by atoms with Crippen molar-refractivity contribution in [2.24, 2.45) is 0 Å². The third kappa shape index (κ3) is 4.46. The highest BCUT2D eigenvalue weighted by Gasteiger charge is 2.14. The maximum Gasteiger partial charge on any atom is 0.373 e. The van der Waals surface area contributed by atoms with E-state index in [1.54, 1.807) is 35.0 Å². The predicted molar refractivity (Wildman–Crippen MR) is 103 cm³/mol. The van der Waals surface area contributed by atoms with Gasteiger partial charge in [-0.3, -0.25) is 0 Å². The molecule has 1 aromatic carbocycles. The summed E-state index contributed by atoms with van der Waals surface area (Å²) in [7, 11) is 1.26. The fourth-order valence-electron chi connectivity index (χ4n) is 2.13. The van der Waals surface area contributed by atoms with Crippen molar-refractivity contribution in [3.05, 3.63) is 57.4 Å². The lowest BCUT2D eigenvalue weighted by molar-refractivity contribution is 0.0438. The molecule has 0 amide bonds. The van der Waals surface area contributed by atoms with Crippen molar-refractivity contribution in [3.63, 3.8) is 0 Å². The molecule has 0 saturated carbocycles. The van der Waals surface area contributed by atoms with Crippen molar-refractivity contribution in [3.8, 4) is 5.69 Å². The number of benzene rings is 1. The summed E-state index contributed by atoms with van der Waals surface area (Å²) < 4.78 is 18.2. The van der Waals surface area contributed by atoms with E-state index in [0.717, 1.165) is 10.0 Å². The topological polar surface area (TPSA) is 83.6 Å². The van der Waals surface area contributed by atoms with Crippen LogP contribution in [0.15, 0.2) is 45.2 Å². The van der Waals surface area contributed by atoms with Crippen LogP contribution in [0.1, 0.15) is 26.7 Å². The van der Waals surface area contributed by atoms with Gasteiger partial charge in [-0.2, -0.15) is 0 Å². The minimum atomic E-state index is -0.589. The normalized spacial score (nSPS) is 10.6. The van der Waals surface area contributed by atoms with Crippen LogP contribution >= 0.6 is 35.3 Å². The van der Waals surface area contributed by atoms with Crippen molar-refractivity contribution in [2.75, 3.05) is 13.4 Å². The van der Waals surface area contributed by atoms with Gasteiger partial charge < -0.3 is 13.9 Å². The molecule has 0 fully saturated rings. The number of ether oxygens (including phenoxy) is 2. The zero-order valence-corrected chi connectivity index (χ0v) is 16.8. The molecule has 0 bridgehead atoms. The minimum absolute atomic E-state index is 0.0533. The lowest BCUT2D eigenvalue weighted by Crippen LogP contribution is -2.05. The first-order valence-electron chi connectivity index (χ1n) is 7.60. The van der Waals surface area contributed by atoms with Crippen LogP contribution in [-0.4, -0.2) is 35.1 Å². The number of thioether (sulfide) groups is 1. The molecule has 0 unspecified atom stereocenters. The average molecular weight is 423 g/mol. The van der Waals surface area contributed by atoms with E-state index in [9.17, 15) is 9.59 Å². The fraction of sp³-hybridized carbons (Fsp3) is 0.176. The van der Waals surface area contributed by atoms with Gasteiger partial charge in [0, 0.05) is 0 Å². The maximum atomic E-state index is 12.2. The van der Waals surface area contributed by atoms with Crippen LogP contribution in [0.3, 0.4) is 0 Å². The fourth-order valence-corrected chi connectivity index (χ4v) is 3.91. The van der Waals surface area contributed by atoms with Crippen molar-refractivity contribution in [1.82, 2.24) is 9.78 Å². The van der Waals surface area contributed by atoms with Crippen LogP contribution in [0.2, 0.25) is 0 Å². The molecule has 10 heteroatoms. The maximum absolute atomic E-state index is 12.2. The first-order chi connectivity index (χ1) is 13.0. The summed E-state index contributed by atoms with van der Waals surface area (Å²) in [5, 5.41) is 4.40. The standard InChI is InChI=1S/C17H14N2O5S3/c1-22-15(21)13-8-7-12(24-13)9-23-14(20)10-3-5-11(6-4-10)19-17(25)27-16(18-19)26-2/h3-8H,9H2,1-2H3. The number of aromatic nitrogens is 2. The van der Waals surface area contributed by atoms with Gasteiger partial charge in [0.15, 0.2) is 8.29 Å². The Labute approximate surface area is 167 Å². The minimum Gasteiger partial charge on any atom is -0.463 e. The first-order valence-corrected chi connectivity index (χ1v) is 10.1. The monoisotopic (exact) mass is 422 g/mol. The van der Waals surface area contributed by atoms with Gasteiger partial charge in [0.25, 0.3) is 0 Å². The highest BCUT2D eigenvalue weighted by molar-refractivity contribution is 8.00. The lowest BCUT2D eigenvalue weighted by Gasteiger charge is -2.05. The Balaban J connectivity index is 1.65. The van der Waals surface area contributed by atoms with E-state index in [4.69, 9.17) is 21.4 Å². The highest BCUT2D eigenvalue weighted by Crippen LogP contribution is 2.22. The van der Waals surface area contributed by atoms with E-state index < -0.39 is 11.9 Å². The number of hydrogen-bond donors (Lipinski definition) is 0. The number of carbonyl (C=O) groups is 2. The van der Waals surface area contributed by atoms with Gasteiger partial charge in [0.2, 0.25) is 5.76 Å². The SMILES string of the molecule is COC(=O)c1ccc(COC(=O)c2ccc(-n3nc(SC)sc3=S)cc2)o1. The summed E-state index contributed by atoms with van der Waals surface area (Å²) in [5.74, 6) is -0.700. The number of rotatable bonds is 6. The molecule has 3 rings (SSSR count). The van der Waals surface area contributed by atoms with E-state index in [1.807, 2.05) is 6.26 Å². The molecule has 0 aliphatic rings. The predicted octanol–water partition coefficient (Wildman–Crippen LogP) is 4.12. The lowest BCUT2D eigenvalue weighted by atomic mass is 10.2. The van der Waals surface area contributed by atoms with Crippen LogP contribution in [0, 0.1) is 3.95 Å². The Morgan fingerprint density at radius 1 is 1.22 bits per heavy atom. The summed E-state index contributed by atoms with van der Waals surface area (Å²) in [4.78, 5) is 23.5. The van der Waals surface area contributed by atoms with Gasteiger partial charge in [0.1, 0.15) is 12.4 Å². The number of hydrogen-bond acceptors (Lipinski definition) is 9. The van der Waals surface area contributed by atoms with Gasteiger partial charge >= 0.3 is 11.9 Å². The van der Waals surface area contributed by atoms with E-state index in [1.165, 1.54) is 36.3 Å². The summed E-state index contributed by atoms with van der Waals surface area (Å²) in [6.45, 7) is -0.0915.